The molecule has 0 saturated heterocycles. The standard InChI is InChI=1S/C9H5Cl2FO/c10-8-4-6(12)5-9(11)7(8)2-1-3-13/h4-5,13H,3H2. The fourth-order valence-corrected chi connectivity index (χ4v) is 1.34. The minimum atomic E-state index is -0.510. The van der Waals surface area contributed by atoms with Crippen molar-refractivity contribution in [3.63, 3.8) is 0 Å². The Morgan fingerprint density at radius 1 is 1.31 bits per heavy atom. The monoisotopic (exact) mass is 218 g/mol. The van der Waals surface area contributed by atoms with Crippen LogP contribution in [0, 0.1) is 17.7 Å². The smallest absolute Gasteiger partial charge is 0.126 e. The summed E-state index contributed by atoms with van der Waals surface area (Å²) >= 11 is 11.3. The normalized spacial score (nSPS) is 9.23. The largest absolute Gasteiger partial charge is 0.384 e. The van der Waals surface area contributed by atoms with E-state index in [9.17, 15) is 4.39 Å². The van der Waals surface area contributed by atoms with Crippen molar-refractivity contribution in [1.29, 1.82) is 0 Å². The highest BCUT2D eigenvalue weighted by Crippen LogP contribution is 2.24. The number of aliphatic hydroxyl groups excluding tert-OH is 1. The summed E-state index contributed by atoms with van der Waals surface area (Å²) in [5.74, 6) is 4.40. The maximum atomic E-state index is 12.7. The summed E-state index contributed by atoms with van der Waals surface area (Å²) in [6, 6.07) is 2.24. The number of rotatable bonds is 0. The zero-order valence-corrected chi connectivity index (χ0v) is 7.95. The van der Waals surface area contributed by atoms with Crippen LogP contribution in [-0.4, -0.2) is 11.7 Å². The van der Waals surface area contributed by atoms with Crippen molar-refractivity contribution in [2.45, 2.75) is 0 Å². The summed E-state index contributed by atoms with van der Waals surface area (Å²) in [7, 11) is 0. The Morgan fingerprint density at radius 2 is 1.85 bits per heavy atom. The van der Waals surface area contributed by atoms with Gasteiger partial charge in [0.05, 0.1) is 15.6 Å². The van der Waals surface area contributed by atoms with Gasteiger partial charge in [-0.2, -0.15) is 0 Å². The highest BCUT2D eigenvalue weighted by Gasteiger charge is 2.05. The SMILES string of the molecule is OCC#Cc1c(Cl)cc(F)cc1Cl. The molecule has 1 nitrogen and oxygen atoms in total. The molecule has 0 aliphatic rings. The number of aliphatic hydroxyl groups is 1. The fourth-order valence-electron chi connectivity index (χ4n) is 0.790. The topological polar surface area (TPSA) is 20.2 Å². The third-order valence-electron chi connectivity index (χ3n) is 1.30. The van der Waals surface area contributed by atoms with E-state index in [1.54, 1.807) is 0 Å². The van der Waals surface area contributed by atoms with Crippen molar-refractivity contribution in [3.05, 3.63) is 33.6 Å². The summed E-state index contributed by atoms with van der Waals surface area (Å²) < 4.78 is 12.7. The van der Waals surface area contributed by atoms with Gasteiger partial charge in [0, 0.05) is 0 Å². The van der Waals surface area contributed by atoms with Crippen LogP contribution < -0.4 is 0 Å². The van der Waals surface area contributed by atoms with E-state index < -0.39 is 5.82 Å². The molecule has 68 valence electrons. The van der Waals surface area contributed by atoms with Crippen LogP contribution in [0.3, 0.4) is 0 Å². The van der Waals surface area contributed by atoms with E-state index in [0.29, 0.717) is 5.56 Å². The van der Waals surface area contributed by atoms with E-state index in [4.69, 9.17) is 28.3 Å². The maximum absolute atomic E-state index is 12.7. The predicted octanol–water partition coefficient (Wildman–Crippen LogP) is 2.48. The van der Waals surface area contributed by atoms with Crippen LogP contribution in [0.2, 0.25) is 10.0 Å². The highest BCUT2D eigenvalue weighted by molar-refractivity contribution is 6.36. The molecule has 1 rings (SSSR count). The first kappa shape index (κ1) is 10.3. The van der Waals surface area contributed by atoms with Crippen LogP contribution in [0.5, 0.6) is 0 Å². The van der Waals surface area contributed by atoms with Gasteiger partial charge in [-0.3, -0.25) is 0 Å². The van der Waals surface area contributed by atoms with Gasteiger partial charge < -0.3 is 5.11 Å². The summed E-state index contributed by atoms with van der Waals surface area (Å²) in [5.41, 5.74) is 0.332. The third-order valence-corrected chi connectivity index (χ3v) is 1.90. The molecule has 13 heavy (non-hydrogen) atoms. The van der Waals surface area contributed by atoms with Gasteiger partial charge in [0.25, 0.3) is 0 Å². The molecule has 1 aromatic rings. The van der Waals surface area contributed by atoms with Crippen LogP contribution in [0.1, 0.15) is 5.56 Å². The van der Waals surface area contributed by atoms with E-state index in [2.05, 4.69) is 11.8 Å². The lowest BCUT2D eigenvalue weighted by atomic mass is 10.2. The van der Waals surface area contributed by atoms with Crippen LogP contribution in [0.15, 0.2) is 12.1 Å². The molecule has 0 saturated carbocycles. The van der Waals surface area contributed by atoms with E-state index >= 15 is 0 Å². The Bertz CT molecular complexity index is 356. The minimum absolute atomic E-state index is 0.144. The van der Waals surface area contributed by atoms with Crippen molar-refractivity contribution < 1.29 is 9.50 Å². The van der Waals surface area contributed by atoms with Crippen molar-refractivity contribution in [1.82, 2.24) is 0 Å². The second-order valence-corrected chi connectivity index (χ2v) is 3.02. The molecule has 0 fully saturated rings. The van der Waals surface area contributed by atoms with Crippen molar-refractivity contribution in [2.75, 3.05) is 6.61 Å². The average molecular weight is 219 g/mol. The Labute approximate surface area is 85.1 Å². The van der Waals surface area contributed by atoms with Gasteiger partial charge in [-0.1, -0.05) is 35.0 Å². The van der Waals surface area contributed by atoms with Crippen molar-refractivity contribution >= 4 is 23.2 Å². The van der Waals surface area contributed by atoms with Gasteiger partial charge in [-0.15, -0.1) is 0 Å². The Balaban J connectivity index is 3.21. The molecular weight excluding hydrogens is 214 g/mol. The molecule has 0 aliphatic carbocycles. The number of hydrogen-bond donors (Lipinski definition) is 1. The number of hydrogen-bond acceptors (Lipinski definition) is 1. The zero-order chi connectivity index (χ0) is 9.84. The van der Waals surface area contributed by atoms with E-state index in [1.807, 2.05) is 0 Å². The van der Waals surface area contributed by atoms with Gasteiger partial charge in [0.15, 0.2) is 0 Å². The Hall–Kier alpha value is -0.750. The second-order valence-electron chi connectivity index (χ2n) is 2.20. The van der Waals surface area contributed by atoms with Crippen LogP contribution in [0.25, 0.3) is 0 Å². The number of halogens is 3. The molecule has 1 N–H and O–H groups in total. The van der Waals surface area contributed by atoms with Crippen molar-refractivity contribution in [2.24, 2.45) is 0 Å². The molecule has 1 aromatic carbocycles. The quantitative estimate of drug-likeness (QED) is 0.664. The Morgan fingerprint density at radius 3 is 2.31 bits per heavy atom. The number of benzene rings is 1. The van der Waals surface area contributed by atoms with E-state index in [-0.39, 0.29) is 16.7 Å². The summed E-state index contributed by atoms with van der Waals surface area (Å²) in [6.07, 6.45) is 0. The summed E-state index contributed by atoms with van der Waals surface area (Å²) in [6.45, 7) is -0.288. The molecular formula is C9H5Cl2FO. The maximum Gasteiger partial charge on any atom is 0.126 e. The van der Waals surface area contributed by atoms with E-state index in [0.717, 1.165) is 12.1 Å². The lowest BCUT2D eigenvalue weighted by Crippen LogP contribution is -1.84. The first-order valence-electron chi connectivity index (χ1n) is 3.39. The zero-order valence-electron chi connectivity index (χ0n) is 6.44. The fraction of sp³-hybridized carbons (Fsp3) is 0.111. The molecule has 4 heteroatoms. The lowest BCUT2D eigenvalue weighted by molar-refractivity contribution is 0.350. The minimum Gasteiger partial charge on any atom is -0.384 e. The molecule has 0 amide bonds. The van der Waals surface area contributed by atoms with Crippen LogP contribution in [0.4, 0.5) is 4.39 Å². The van der Waals surface area contributed by atoms with Crippen LogP contribution >= 0.6 is 23.2 Å². The molecule has 0 heterocycles. The van der Waals surface area contributed by atoms with Crippen LogP contribution in [-0.2, 0) is 0 Å². The molecule has 0 spiro atoms. The summed E-state index contributed by atoms with van der Waals surface area (Å²) in [4.78, 5) is 0. The van der Waals surface area contributed by atoms with Gasteiger partial charge in [0.1, 0.15) is 12.4 Å². The van der Waals surface area contributed by atoms with Gasteiger partial charge >= 0.3 is 0 Å². The van der Waals surface area contributed by atoms with E-state index in [1.165, 1.54) is 0 Å². The molecule has 0 aliphatic heterocycles. The Kier molecular flexibility index (Phi) is 3.56. The van der Waals surface area contributed by atoms with Gasteiger partial charge in [0.2, 0.25) is 0 Å². The first-order chi connectivity index (χ1) is 6.15. The van der Waals surface area contributed by atoms with Crippen molar-refractivity contribution in [3.8, 4) is 11.8 Å². The first-order valence-corrected chi connectivity index (χ1v) is 4.15. The van der Waals surface area contributed by atoms with Gasteiger partial charge in [-0.05, 0) is 12.1 Å². The summed E-state index contributed by atoms with van der Waals surface area (Å²) in [5, 5.41) is 8.72. The molecule has 0 unspecified atom stereocenters. The van der Waals surface area contributed by atoms with Gasteiger partial charge in [-0.25, -0.2) is 4.39 Å². The third kappa shape index (κ3) is 2.60. The average Bonchev–Trinajstić information content (AvgIpc) is 2.02. The molecule has 0 atom stereocenters. The highest BCUT2D eigenvalue weighted by atomic mass is 35.5. The molecule has 0 bridgehead atoms. The lowest BCUT2D eigenvalue weighted by Gasteiger charge is -1.98. The predicted molar refractivity (Wildman–Crippen MR) is 50.4 cm³/mol. The molecule has 0 radical (unpaired) electrons. The molecule has 0 aromatic heterocycles. The second kappa shape index (κ2) is 4.48.